The molecule has 3 aromatic carbocycles. The Morgan fingerprint density at radius 3 is 2.38 bits per heavy atom. The van der Waals surface area contributed by atoms with E-state index in [-0.39, 0.29) is 11.3 Å². The summed E-state index contributed by atoms with van der Waals surface area (Å²) in [6.45, 7) is 6.59. The molecule has 7 heteroatoms. The molecular weight excluding hydrogens is 488 g/mol. The summed E-state index contributed by atoms with van der Waals surface area (Å²) in [6.07, 6.45) is 0. The number of aromatic nitrogens is 1. The van der Waals surface area contributed by atoms with Crippen LogP contribution in [0, 0.1) is 12.8 Å². The summed E-state index contributed by atoms with van der Waals surface area (Å²) in [7, 11) is 0. The number of carbonyl (C=O) groups excluding carboxylic acids is 2. The molecular formula is C30H27ClN2O4. The van der Waals surface area contributed by atoms with Gasteiger partial charge in [-0.1, -0.05) is 43.6 Å². The molecule has 1 aliphatic heterocycles. The maximum Gasteiger partial charge on any atom is 0.300 e. The second-order valence-corrected chi connectivity index (χ2v) is 10.0. The molecule has 4 aromatic rings. The molecule has 0 saturated carbocycles. The molecule has 1 saturated heterocycles. The third-order valence-corrected chi connectivity index (χ3v) is 6.73. The predicted octanol–water partition coefficient (Wildman–Crippen LogP) is 6.79. The fraction of sp³-hybridized carbons (Fsp3) is 0.200. The van der Waals surface area contributed by atoms with Gasteiger partial charge in [-0.25, -0.2) is 0 Å². The second kappa shape index (κ2) is 9.79. The van der Waals surface area contributed by atoms with Gasteiger partial charge in [0, 0.05) is 38.4 Å². The molecule has 0 aliphatic carbocycles. The van der Waals surface area contributed by atoms with E-state index in [2.05, 4.69) is 18.8 Å². The zero-order valence-corrected chi connectivity index (χ0v) is 21.5. The van der Waals surface area contributed by atoms with Gasteiger partial charge in [0.2, 0.25) is 0 Å². The number of nitrogens with one attached hydrogen (secondary N) is 1. The van der Waals surface area contributed by atoms with Crippen LogP contribution in [0.2, 0.25) is 5.02 Å². The van der Waals surface area contributed by atoms with E-state index in [1.54, 1.807) is 48.5 Å². The Morgan fingerprint density at radius 1 is 1.03 bits per heavy atom. The molecule has 1 aliphatic rings. The zero-order valence-electron chi connectivity index (χ0n) is 20.8. The van der Waals surface area contributed by atoms with Gasteiger partial charge < -0.3 is 14.8 Å². The van der Waals surface area contributed by atoms with Crippen LogP contribution in [0.1, 0.15) is 36.7 Å². The van der Waals surface area contributed by atoms with Crippen LogP contribution in [0.3, 0.4) is 0 Å². The average molecular weight is 515 g/mol. The van der Waals surface area contributed by atoms with E-state index in [0.29, 0.717) is 34.5 Å². The van der Waals surface area contributed by atoms with Crippen LogP contribution in [0.4, 0.5) is 5.69 Å². The highest BCUT2D eigenvalue weighted by Gasteiger charge is 2.48. The third-order valence-electron chi connectivity index (χ3n) is 6.48. The van der Waals surface area contributed by atoms with E-state index in [9.17, 15) is 14.7 Å². The van der Waals surface area contributed by atoms with Crippen molar-refractivity contribution in [2.75, 3.05) is 11.5 Å². The maximum atomic E-state index is 13.5. The van der Waals surface area contributed by atoms with E-state index >= 15 is 0 Å². The number of aryl methyl sites for hydroxylation is 1. The SMILES string of the molecule is Cc1[nH]c2ccccc2c1C1/C(=C(\O)c2ccc(OCC(C)C)cc2)C(=O)C(=O)N1c1ccc(Cl)cc1. The number of aliphatic hydroxyl groups excluding tert-OH is 1. The number of aromatic amines is 1. The molecule has 2 heterocycles. The zero-order chi connectivity index (χ0) is 26.3. The third kappa shape index (κ3) is 4.49. The minimum Gasteiger partial charge on any atom is -0.507 e. The number of aliphatic hydroxyl groups is 1. The molecule has 0 spiro atoms. The number of Topliss-reactive ketones (excluding diaryl/α,β-unsaturated/α-hetero) is 1. The van der Waals surface area contributed by atoms with Crippen LogP contribution in [0.15, 0.2) is 78.4 Å². The van der Waals surface area contributed by atoms with E-state index in [1.165, 1.54) is 4.90 Å². The molecule has 1 unspecified atom stereocenters. The van der Waals surface area contributed by atoms with Crippen molar-refractivity contribution in [3.63, 3.8) is 0 Å². The van der Waals surface area contributed by atoms with Crippen molar-refractivity contribution in [1.29, 1.82) is 0 Å². The molecule has 5 rings (SSSR count). The molecule has 0 radical (unpaired) electrons. The number of carbonyl (C=O) groups is 2. The summed E-state index contributed by atoms with van der Waals surface area (Å²) in [5.74, 6) is -0.662. The summed E-state index contributed by atoms with van der Waals surface area (Å²) in [5.41, 5.74) is 3.40. The number of fused-ring (bicyclic) bond motifs is 1. The van der Waals surface area contributed by atoms with Gasteiger partial charge >= 0.3 is 0 Å². The van der Waals surface area contributed by atoms with E-state index < -0.39 is 17.7 Å². The van der Waals surface area contributed by atoms with Gasteiger partial charge in [-0.2, -0.15) is 0 Å². The van der Waals surface area contributed by atoms with Crippen LogP contribution in [-0.4, -0.2) is 28.4 Å². The van der Waals surface area contributed by atoms with E-state index in [4.69, 9.17) is 16.3 Å². The first-order valence-electron chi connectivity index (χ1n) is 12.1. The minimum atomic E-state index is -0.839. The first kappa shape index (κ1) is 24.7. The van der Waals surface area contributed by atoms with Crippen molar-refractivity contribution in [2.45, 2.75) is 26.8 Å². The van der Waals surface area contributed by atoms with Gasteiger partial charge in [0.25, 0.3) is 11.7 Å². The van der Waals surface area contributed by atoms with Crippen molar-refractivity contribution in [1.82, 2.24) is 4.98 Å². The largest absolute Gasteiger partial charge is 0.507 e. The number of amides is 1. The highest BCUT2D eigenvalue weighted by Crippen LogP contribution is 2.45. The molecule has 6 nitrogen and oxygen atoms in total. The van der Waals surface area contributed by atoms with Crippen LogP contribution in [-0.2, 0) is 9.59 Å². The lowest BCUT2D eigenvalue weighted by atomic mass is 9.93. The number of rotatable bonds is 6. The molecule has 2 N–H and O–H groups in total. The normalized spacial score (nSPS) is 17.2. The summed E-state index contributed by atoms with van der Waals surface area (Å²) < 4.78 is 5.75. The van der Waals surface area contributed by atoms with Crippen molar-refractivity contribution in [2.24, 2.45) is 5.92 Å². The molecule has 1 amide bonds. The Morgan fingerprint density at radius 2 is 1.70 bits per heavy atom. The fourth-order valence-electron chi connectivity index (χ4n) is 4.75. The smallest absolute Gasteiger partial charge is 0.300 e. The Labute approximate surface area is 220 Å². The van der Waals surface area contributed by atoms with Gasteiger partial charge in [0.05, 0.1) is 18.2 Å². The standard InChI is InChI=1S/C30H27ClN2O4/c1-17(2)16-37-22-14-8-19(9-15-22)28(34)26-27(25-18(3)32-24-7-5-4-6-23(24)25)33(30(36)29(26)35)21-12-10-20(31)11-13-21/h4-15,17,27,32,34H,16H2,1-3H3/b28-26+. The number of ether oxygens (including phenoxy) is 1. The number of halogens is 1. The van der Waals surface area contributed by atoms with Gasteiger partial charge in [-0.3, -0.25) is 14.5 Å². The quantitative estimate of drug-likeness (QED) is 0.168. The van der Waals surface area contributed by atoms with Crippen molar-refractivity contribution in [3.05, 3.63) is 100 Å². The molecule has 1 fully saturated rings. The Bertz CT molecular complexity index is 1520. The number of hydrogen-bond acceptors (Lipinski definition) is 4. The summed E-state index contributed by atoms with van der Waals surface area (Å²) in [6, 6.07) is 20.5. The Balaban J connectivity index is 1.69. The van der Waals surface area contributed by atoms with Gasteiger partial charge in [0.15, 0.2) is 0 Å². The lowest BCUT2D eigenvalue weighted by Crippen LogP contribution is -2.29. The van der Waals surface area contributed by atoms with Crippen LogP contribution in [0.25, 0.3) is 16.7 Å². The number of anilines is 1. The van der Waals surface area contributed by atoms with E-state index in [1.807, 2.05) is 31.2 Å². The topological polar surface area (TPSA) is 82.6 Å². The fourth-order valence-corrected chi connectivity index (χ4v) is 4.88. The van der Waals surface area contributed by atoms with Gasteiger partial charge in [-0.15, -0.1) is 0 Å². The molecule has 188 valence electrons. The highest BCUT2D eigenvalue weighted by molar-refractivity contribution is 6.52. The van der Waals surface area contributed by atoms with Crippen molar-refractivity contribution >= 4 is 45.6 Å². The number of benzene rings is 3. The predicted molar refractivity (Wildman–Crippen MR) is 146 cm³/mol. The molecule has 1 aromatic heterocycles. The maximum absolute atomic E-state index is 13.5. The van der Waals surface area contributed by atoms with Crippen LogP contribution < -0.4 is 9.64 Å². The first-order chi connectivity index (χ1) is 17.8. The molecule has 0 bridgehead atoms. The Kier molecular flexibility index (Phi) is 6.52. The number of H-pyrrole nitrogens is 1. The molecule has 1 atom stereocenters. The summed E-state index contributed by atoms with van der Waals surface area (Å²) in [5, 5.41) is 12.8. The summed E-state index contributed by atoms with van der Waals surface area (Å²) in [4.78, 5) is 31.7. The average Bonchev–Trinajstić information content (AvgIpc) is 3.35. The summed E-state index contributed by atoms with van der Waals surface area (Å²) >= 11 is 6.10. The lowest BCUT2D eigenvalue weighted by molar-refractivity contribution is -0.132. The Hall–Kier alpha value is -4.03. The van der Waals surface area contributed by atoms with E-state index in [0.717, 1.165) is 22.2 Å². The number of nitrogens with zero attached hydrogens (tertiary/aromatic N) is 1. The van der Waals surface area contributed by atoms with Gasteiger partial charge in [-0.05, 0) is 67.4 Å². The molecule has 37 heavy (non-hydrogen) atoms. The number of hydrogen-bond donors (Lipinski definition) is 2. The van der Waals surface area contributed by atoms with Crippen molar-refractivity contribution in [3.8, 4) is 5.75 Å². The van der Waals surface area contributed by atoms with Crippen LogP contribution >= 0.6 is 11.6 Å². The van der Waals surface area contributed by atoms with Crippen LogP contribution in [0.5, 0.6) is 5.75 Å². The second-order valence-electron chi connectivity index (χ2n) is 9.58. The number of ketones is 1. The minimum absolute atomic E-state index is 0.0312. The lowest BCUT2D eigenvalue weighted by Gasteiger charge is -2.26. The van der Waals surface area contributed by atoms with Gasteiger partial charge in [0.1, 0.15) is 11.5 Å². The monoisotopic (exact) mass is 514 g/mol. The highest BCUT2D eigenvalue weighted by atomic mass is 35.5. The first-order valence-corrected chi connectivity index (χ1v) is 12.5. The number of para-hydroxylation sites is 1. The van der Waals surface area contributed by atoms with Crippen molar-refractivity contribution < 1.29 is 19.4 Å².